The monoisotopic (exact) mass is 349 g/mol. The summed E-state index contributed by atoms with van der Waals surface area (Å²) in [7, 11) is 0. The lowest BCUT2D eigenvalue weighted by Crippen LogP contribution is -2.03. The minimum atomic E-state index is 0.256. The summed E-state index contributed by atoms with van der Waals surface area (Å²) in [5.41, 5.74) is 1.98. The largest absolute Gasteiger partial charge is 0.481 e. The number of rotatable bonds is 5. The number of hydrogen-bond donors (Lipinski definition) is 1. The Morgan fingerprint density at radius 2 is 2.10 bits per heavy atom. The standard InChI is InChI=1S/C16H13BrClNO/c1-2-8-20-16-7-6-13(17)9-12(16)11-19-15-5-3-4-14(18)10-15/h1,3-7,9-10,19H,8,11H2. The lowest BCUT2D eigenvalue weighted by Gasteiger charge is -2.12. The molecule has 20 heavy (non-hydrogen) atoms. The van der Waals surface area contributed by atoms with Crippen molar-refractivity contribution in [3.63, 3.8) is 0 Å². The van der Waals surface area contributed by atoms with Crippen LogP contribution < -0.4 is 10.1 Å². The van der Waals surface area contributed by atoms with Gasteiger partial charge in [-0.15, -0.1) is 6.42 Å². The normalized spacial score (nSPS) is 9.85. The first-order chi connectivity index (χ1) is 9.69. The van der Waals surface area contributed by atoms with Gasteiger partial charge in [0.1, 0.15) is 12.4 Å². The van der Waals surface area contributed by atoms with Crippen LogP contribution in [0.2, 0.25) is 5.02 Å². The zero-order chi connectivity index (χ0) is 14.4. The van der Waals surface area contributed by atoms with E-state index < -0.39 is 0 Å². The molecule has 0 spiro atoms. The third-order valence-electron chi connectivity index (χ3n) is 2.64. The van der Waals surface area contributed by atoms with Gasteiger partial charge in [-0.25, -0.2) is 0 Å². The predicted molar refractivity (Wildman–Crippen MR) is 87.2 cm³/mol. The Hall–Kier alpha value is -1.63. The predicted octanol–water partition coefficient (Wildman–Crippen LogP) is 4.73. The Kier molecular flexibility index (Phi) is 5.34. The van der Waals surface area contributed by atoms with Gasteiger partial charge in [-0.2, -0.15) is 0 Å². The minimum absolute atomic E-state index is 0.256. The summed E-state index contributed by atoms with van der Waals surface area (Å²) in [6.07, 6.45) is 5.22. The van der Waals surface area contributed by atoms with Crippen molar-refractivity contribution in [1.82, 2.24) is 0 Å². The molecule has 0 radical (unpaired) electrons. The van der Waals surface area contributed by atoms with Crippen LogP contribution in [0.25, 0.3) is 0 Å². The maximum Gasteiger partial charge on any atom is 0.148 e. The van der Waals surface area contributed by atoms with Crippen LogP contribution in [0, 0.1) is 12.3 Å². The van der Waals surface area contributed by atoms with Crippen molar-refractivity contribution in [2.75, 3.05) is 11.9 Å². The Morgan fingerprint density at radius 3 is 2.85 bits per heavy atom. The van der Waals surface area contributed by atoms with Crippen molar-refractivity contribution in [2.24, 2.45) is 0 Å². The molecule has 0 atom stereocenters. The van der Waals surface area contributed by atoms with Crippen molar-refractivity contribution in [1.29, 1.82) is 0 Å². The Morgan fingerprint density at radius 1 is 1.25 bits per heavy atom. The van der Waals surface area contributed by atoms with E-state index in [9.17, 15) is 0 Å². The molecular formula is C16H13BrClNO. The summed E-state index contributed by atoms with van der Waals surface area (Å²) in [4.78, 5) is 0. The van der Waals surface area contributed by atoms with Gasteiger partial charge in [0.25, 0.3) is 0 Å². The van der Waals surface area contributed by atoms with Crippen molar-refractivity contribution in [2.45, 2.75) is 6.54 Å². The average Bonchev–Trinajstić information content (AvgIpc) is 2.44. The fourth-order valence-electron chi connectivity index (χ4n) is 1.74. The molecule has 1 N–H and O–H groups in total. The van der Waals surface area contributed by atoms with Crippen molar-refractivity contribution in [3.8, 4) is 18.1 Å². The van der Waals surface area contributed by atoms with Crippen LogP contribution in [-0.2, 0) is 6.54 Å². The number of halogens is 2. The molecule has 0 bridgehead atoms. The number of nitrogens with one attached hydrogen (secondary N) is 1. The number of ether oxygens (including phenoxy) is 1. The smallest absolute Gasteiger partial charge is 0.148 e. The molecule has 2 aromatic rings. The fraction of sp³-hybridized carbons (Fsp3) is 0.125. The summed E-state index contributed by atoms with van der Waals surface area (Å²) in [6, 6.07) is 13.4. The van der Waals surface area contributed by atoms with Crippen LogP contribution in [0.1, 0.15) is 5.56 Å². The minimum Gasteiger partial charge on any atom is -0.481 e. The highest BCUT2D eigenvalue weighted by atomic mass is 79.9. The van der Waals surface area contributed by atoms with Gasteiger partial charge in [-0.05, 0) is 36.4 Å². The van der Waals surface area contributed by atoms with E-state index in [-0.39, 0.29) is 6.61 Å². The van der Waals surface area contributed by atoms with Gasteiger partial charge in [0, 0.05) is 27.3 Å². The second kappa shape index (κ2) is 7.23. The van der Waals surface area contributed by atoms with Crippen LogP contribution in [-0.4, -0.2) is 6.61 Å². The maximum atomic E-state index is 5.96. The Bertz CT molecular complexity index is 637. The first-order valence-electron chi connectivity index (χ1n) is 6.03. The van der Waals surface area contributed by atoms with Gasteiger partial charge >= 0.3 is 0 Å². The summed E-state index contributed by atoms with van der Waals surface area (Å²) < 4.78 is 6.52. The molecular weight excluding hydrogens is 338 g/mol. The lowest BCUT2D eigenvalue weighted by molar-refractivity contribution is 0.366. The molecule has 2 nitrogen and oxygen atoms in total. The lowest BCUT2D eigenvalue weighted by atomic mass is 10.2. The molecule has 0 saturated heterocycles. The van der Waals surface area contributed by atoms with E-state index in [1.54, 1.807) is 0 Å². The van der Waals surface area contributed by atoms with E-state index in [0.29, 0.717) is 11.6 Å². The second-order valence-corrected chi connectivity index (χ2v) is 5.46. The molecule has 2 aromatic carbocycles. The first-order valence-corrected chi connectivity index (χ1v) is 7.20. The number of terminal acetylenes is 1. The van der Waals surface area contributed by atoms with E-state index in [1.165, 1.54) is 0 Å². The molecule has 102 valence electrons. The molecule has 4 heteroatoms. The van der Waals surface area contributed by atoms with E-state index in [1.807, 2.05) is 42.5 Å². The van der Waals surface area contributed by atoms with E-state index in [4.69, 9.17) is 22.8 Å². The quantitative estimate of drug-likeness (QED) is 0.787. The van der Waals surface area contributed by atoms with Gasteiger partial charge in [0.05, 0.1) is 0 Å². The van der Waals surface area contributed by atoms with Crippen LogP contribution in [0.4, 0.5) is 5.69 Å². The maximum absolute atomic E-state index is 5.96. The van der Waals surface area contributed by atoms with Crippen LogP contribution in [0.15, 0.2) is 46.9 Å². The molecule has 0 amide bonds. The SMILES string of the molecule is C#CCOc1ccc(Br)cc1CNc1cccc(Cl)c1. The molecule has 0 aliphatic rings. The van der Waals surface area contributed by atoms with Crippen LogP contribution in [0.3, 0.4) is 0 Å². The summed E-state index contributed by atoms with van der Waals surface area (Å²) in [5.74, 6) is 3.25. The van der Waals surface area contributed by atoms with Crippen LogP contribution in [0.5, 0.6) is 5.75 Å². The van der Waals surface area contributed by atoms with E-state index >= 15 is 0 Å². The van der Waals surface area contributed by atoms with Gasteiger partial charge in [-0.3, -0.25) is 0 Å². The molecule has 0 heterocycles. The van der Waals surface area contributed by atoms with Crippen molar-refractivity contribution in [3.05, 3.63) is 57.5 Å². The number of hydrogen-bond acceptors (Lipinski definition) is 2. The molecule has 0 aliphatic heterocycles. The van der Waals surface area contributed by atoms with Gasteiger partial charge in [0.15, 0.2) is 0 Å². The molecule has 0 aliphatic carbocycles. The molecule has 0 fully saturated rings. The van der Waals surface area contributed by atoms with Gasteiger partial charge in [-0.1, -0.05) is 39.5 Å². The van der Waals surface area contributed by atoms with Crippen molar-refractivity contribution < 1.29 is 4.74 Å². The van der Waals surface area contributed by atoms with Gasteiger partial charge in [0.2, 0.25) is 0 Å². The summed E-state index contributed by atoms with van der Waals surface area (Å²) >= 11 is 9.41. The topological polar surface area (TPSA) is 21.3 Å². The number of anilines is 1. The third kappa shape index (κ3) is 4.19. The zero-order valence-corrected chi connectivity index (χ0v) is 13.0. The zero-order valence-electron chi connectivity index (χ0n) is 10.7. The van der Waals surface area contributed by atoms with Crippen LogP contribution >= 0.6 is 27.5 Å². The Labute approximate surface area is 132 Å². The fourth-order valence-corrected chi connectivity index (χ4v) is 2.34. The highest BCUT2D eigenvalue weighted by Crippen LogP contribution is 2.25. The Balaban J connectivity index is 2.11. The second-order valence-electron chi connectivity index (χ2n) is 4.11. The molecule has 2 rings (SSSR count). The van der Waals surface area contributed by atoms with E-state index in [2.05, 4.69) is 27.2 Å². The first kappa shape index (κ1) is 14.8. The highest BCUT2D eigenvalue weighted by Gasteiger charge is 2.05. The van der Waals surface area contributed by atoms with E-state index in [0.717, 1.165) is 21.5 Å². The average molecular weight is 351 g/mol. The summed E-state index contributed by atoms with van der Waals surface area (Å²) in [5, 5.41) is 4.01. The third-order valence-corrected chi connectivity index (χ3v) is 3.37. The van der Waals surface area contributed by atoms with Gasteiger partial charge < -0.3 is 10.1 Å². The van der Waals surface area contributed by atoms with Crippen molar-refractivity contribution >= 4 is 33.2 Å². The number of benzene rings is 2. The highest BCUT2D eigenvalue weighted by molar-refractivity contribution is 9.10. The molecule has 0 saturated carbocycles. The molecule has 0 unspecified atom stereocenters. The molecule has 0 aromatic heterocycles. The summed E-state index contributed by atoms with van der Waals surface area (Å²) in [6.45, 7) is 0.880.